The zero-order valence-corrected chi connectivity index (χ0v) is 12.7. The maximum Gasteiger partial charge on any atom is 0.122 e. The molecule has 2 unspecified atom stereocenters. The molecule has 1 saturated carbocycles. The maximum absolute atomic E-state index is 5.47. The highest BCUT2D eigenvalue weighted by Crippen LogP contribution is 2.31. The number of methoxy groups -OCH3 is 1. The van der Waals surface area contributed by atoms with Gasteiger partial charge in [0.05, 0.1) is 7.11 Å². The molecule has 106 valence electrons. The van der Waals surface area contributed by atoms with Crippen LogP contribution in [0, 0.1) is 12.8 Å². The Morgan fingerprint density at radius 2 is 2.11 bits per heavy atom. The van der Waals surface area contributed by atoms with E-state index in [9.17, 15) is 0 Å². The fraction of sp³-hybridized carbons (Fsp3) is 0.647. The number of benzene rings is 1. The average molecular weight is 261 g/mol. The summed E-state index contributed by atoms with van der Waals surface area (Å²) in [4.78, 5) is 0. The SMILES string of the molecule is CCC(C)C(CNC1CC1)c1ccc(C)c(OC)c1. The van der Waals surface area contributed by atoms with Gasteiger partial charge in [-0.1, -0.05) is 32.4 Å². The molecule has 1 aliphatic rings. The summed E-state index contributed by atoms with van der Waals surface area (Å²) in [5.41, 5.74) is 2.62. The van der Waals surface area contributed by atoms with Gasteiger partial charge in [-0.15, -0.1) is 0 Å². The summed E-state index contributed by atoms with van der Waals surface area (Å²) in [6.45, 7) is 7.82. The first-order valence-electron chi connectivity index (χ1n) is 7.53. The van der Waals surface area contributed by atoms with E-state index < -0.39 is 0 Å². The molecule has 2 nitrogen and oxygen atoms in total. The molecule has 0 spiro atoms. The highest BCUT2D eigenvalue weighted by Gasteiger charge is 2.25. The number of rotatable bonds is 7. The smallest absolute Gasteiger partial charge is 0.122 e. The maximum atomic E-state index is 5.47. The number of hydrogen-bond donors (Lipinski definition) is 1. The Hall–Kier alpha value is -1.02. The molecule has 1 N–H and O–H groups in total. The van der Waals surface area contributed by atoms with Crippen molar-refractivity contribution in [1.82, 2.24) is 5.32 Å². The van der Waals surface area contributed by atoms with Crippen LogP contribution in [0.25, 0.3) is 0 Å². The zero-order chi connectivity index (χ0) is 13.8. The highest BCUT2D eigenvalue weighted by atomic mass is 16.5. The van der Waals surface area contributed by atoms with E-state index in [0.717, 1.165) is 18.3 Å². The summed E-state index contributed by atoms with van der Waals surface area (Å²) < 4.78 is 5.47. The minimum absolute atomic E-state index is 0.583. The lowest BCUT2D eigenvalue weighted by molar-refractivity contribution is 0.401. The number of aryl methyl sites for hydroxylation is 1. The van der Waals surface area contributed by atoms with Crippen LogP contribution in [0.15, 0.2) is 18.2 Å². The molecular weight excluding hydrogens is 234 g/mol. The van der Waals surface area contributed by atoms with E-state index in [2.05, 4.69) is 44.3 Å². The molecule has 2 rings (SSSR count). The molecule has 0 bridgehead atoms. The zero-order valence-electron chi connectivity index (χ0n) is 12.7. The second kappa shape index (κ2) is 6.42. The van der Waals surface area contributed by atoms with Crippen LogP contribution in [0.5, 0.6) is 5.75 Å². The van der Waals surface area contributed by atoms with Gasteiger partial charge in [0.25, 0.3) is 0 Å². The summed E-state index contributed by atoms with van der Waals surface area (Å²) in [5, 5.41) is 3.68. The van der Waals surface area contributed by atoms with Gasteiger partial charge in [0.15, 0.2) is 0 Å². The predicted molar refractivity (Wildman–Crippen MR) is 81.0 cm³/mol. The normalized spacial score (nSPS) is 18.1. The van der Waals surface area contributed by atoms with Crippen LogP contribution in [0.2, 0.25) is 0 Å². The van der Waals surface area contributed by atoms with Gasteiger partial charge >= 0.3 is 0 Å². The van der Waals surface area contributed by atoms with Crippen LogP contribution in [-0.2, 0) is 0 Å². The van der Waals surface area contributed by atoms with Crippen LogP contribution >= 0.6 is 0 Å². The van der Waals surface area contributed by atoms with E-state index >= 15 is 0 Å². The third-order valence-corrected chi connectivity index (χ3v) is 4.39. The Bertz CT molecular complexity index is 412. The van der Waals surface area contributed by atoms with Crippen molar-refractivity contribution in [2.24, 2.45) is 5.92 Å². The van der Waals surface area contributed by atoms with E-state index in [1.165, 1.54) is 30.4 Å². The molecule has 0 saturated heterocycles. The van der Waals surface area contributed by atoms with E-state index in [0.29, 0.717) is 11.8 Å². The predicted octanol–water partition coefficient (Wildman–Crippen LogP) is 3.89. The standard InChI is InChI=1S/C17H27NO/c1-5-12(2)16(11-18-15-8-9-15)14-7-6-13(3)17(10-14)19-4/h6-7,10,12,15-16,18H,5,8-9,11H2,1-4H3. The molecule has 1 aromatic rings. The van der Waals surface area contributed by atoms with Crippen molar-refractivity contribution in [2.45, 2.75) is 52.0 Å². The third kappa shape index (κ3) is 3.73. The minimum atomic E-state index is 0.583. The second-order valence-electron chi connectivity index (χ2n) is 5.90. The van der Waals surface area contributed by atoms with Gasteiger partial charge in [0, 0.05) is 12.6 Å². The molecule has 2 atom stereocenters. The number of nitrogens with one attached hydrogen (secondary N) is 1. The van der Waals surface area contributed by atoms with Crippen LogP contribution in [0.4, 0.5) is 0 Å². The summed E-state index contributed by atoms with van der Waals surface area (Å²) >= 11 is 0. The quantitative estimate of drug-likeness (QED) is 0.804. The Morgan fingerprint density at radius 3 is 2.68 bits per heavy atom. The van der Waals surface area contributed by atoms with Crippen molar-refractivity contribution in [3.63, 3.8) is 0 Å². The Balaban J connectivity index is 2.15. The monoisotopic (exact) mass is 261 g/mol. The van der Waals surface area contributed by atoms with Gasteiger partial charge in [-0.05, 0) is 48.8 Å². The molecule has 19 heavy (non-hydrogen) atoms. The lowest BCUT2D eigenvalue weighted by Gasteiger charge is -2.25. The van der Waals surface area contributed by atoms with Crippen LogP contribution in [0.1, 0.15) is 50.2 Å². The molecule has 0 radical (unpaired) electrons. The fourth-order valence-corrected chi connectivity index (χ4v) is 2.58. The van der Waals surface area contributed by atoms with Crippen molar-refractivity contribution < 1.29 is 4.74 Å². The van der Waals surface area contributed by atoms with Gasteiger partial charge in [-0.2, -0.15) is 0 Å². The van der Waals surface area contributed by atoms with Crippen molar-refractivity contribution >= 4 is 0 Å². The summed E-state index contributed by atoms with van der Waals surface area (Å²) in [6, 6.07) is 7.45. The molecule has 2 heteroatoms. The first-order valence-corrected chi connectivity index (χ1v) is 7.53. The van der Waals surface area contributed by atoms with Crippen molar-refractivity contribution in [3.8, 4) is 5.75 Å². The molecule has 0 amide bonds. The summed E-state index contributed by atoms with van der Waals surface area (Å²) in [7, 11) is 1.76. The Kier molecular flexibility index (Phi) is 4.87. The third-order valence-electron chi connectivity index (χ3n) is 4.39. The lowest BCUT2D eigenvalue weighted by atomic mass is 9.85. The van der Waals surface area contributed by atoms with Gasteiger partial charge in [0.1, 0.15) is 5.75 Å². The minimum Gasteiger partial charge on any atom is -0.496 e. The van der Waals surface area contributed by atoms with E-state index in [-0.39, 0.29) is 0 Å². The molecule has 1 aliphatic carbocycles. The number of ether oxygens (including phenoxy) is 1. The number of hydrogen-bond acceptors (Lipinski definition) is 2. The van der Waals surface area contributed by atoms with E-state index in [4.69, 9.17) is 4.74 Å². The molecular formula is C17H27NO. The largest absolute Gasteiger partial charge is 0.496 e. The van der Waals surface area contributed by atoms with Crippen molar-refractivity contribution in [3.05, 3.63) is 29.3 Å². The van der Waals surface area contributed by atoms with Crippen LogP contribution < -0.4 is 10.1 Å². The van der Waals surface area contributed by atoms with Crippen LogP contribution in [0.3, 0.4) is 0 Å². The average Bonchev–Trinajstić information content (AvgIpc) is 3.24. The van der Waals surface area contributed by atoms with Crippen molar-refractivity contribution in [2.75, 3.05) is 13.7 Å². The molecule has 0 heterocycles. The summed E-state index contributed by atoms with van der Waals surface area (Å²) in [6.07, 6.45) is 3.92. The van der Waals surface area contributed by atoms with Gasteiger partial charge in [-0.25, -0.2) is 0 Å². The van der Waals surface area contributed by atoms with Gasteiger partial charge in [0.2, 0.25) is 0 Å². The molecule has 0 aromatic heterocycles. The van der Waals surface area contributed by atoms with Crippen LogP contribution in [-0.4, -0.2) is 19.7 Å². The summed E-state index contributed by atoms with van der Waals surface area (Å²) in [5.74, 6) is 2.29. The molecule has 1 fully saturated rings. The molecule has 0 aliphatic heterocycles. The lowest BCUT2D eigenvalue weighted by Crippen LogP contribution is -2.27. The topological polar surface area (TPSA) is 21.3 Å². The molecule has 1 aromatic carbocycles. The highest BCUT2D eigenvalue weighted by molar-refractivity contribution is 5.38. The Morgan fingerprint density at radius 1 is 1.37 bits per heavy atom. The van der Waals surface area contributed by atoms with Gasteiger partial charge < -0.3 is 10.1 Å². The van der Waals surface area contributed by atoms with E-state index in [1.807, 2.05) is 0 Å². The van der Waals surface area contributed by atoms with E-state index in [1.54, 1.807) is 7.11 Å². The Labute approximate surface area is 117 Å². The van der Waals surface area contributed by atoms with Crippen molar-refractivity contribution in [1.29, 1.82) is 0 Å². The fourth-order valence-electron chi connectivity index (χ4n) is 2.58. The first-order chi connectivity index (χ1) is 9.15. The second-order valence-corrected chi connectivity index (χ2v) is 5.90. The van der Waals surface area contributed by atoms with Gasteiger partial charge in [-0.3, -0.25) is 0 Å². The first kappa shape index (κ1) is 14.4.